The van der Waals surface area contributed by atoms with Gasteiger partial charge >= 0.3 is 12.1 Å². The molecular weight excluding hydrogens is 282 g/mol. The molecule has 1 rings (SSSR count). The largest absolute Gasteiger partial charge is 0.555 e. The van der Waals surface area contributed by atoms with E-state index in [1.807, 2.05) is 0 Å². The monoisotopic (exact) mass is 297 g/mol. The highest BCUT2D eigenvalue weighted by Gasteiger charge is 2.29. The van der Waals surface area contributed by atoms with Gasteiger partial charge in [-0.3, -0.25) is 10.1 Å². The van der Waals surface area contributed by atoms with E-state index in [0.717, 1.165) is 12.1 Å². The van der Waals surface area contributed by atoms with Gasteiger partial charge in [-0.2, -0.15) is 4.79 Å². The van der Waals surface area contributed by atoms with Crippen molar-refractivity contribution in [3.63, 3.8) is 0 Å². The fourth-order valence-electron chi connectivity index (χ4n) is 1.08. The van der Waals surface area contributed by atoms with Gasteiger partial charge in [-0.25, -0.2) is 14.6 Å². The van der Waals surface area contributed by atoms with E-state index in [1.165, 1.54) is 12.1 Å². The molecule has 0 fully saturated rings. The van der Waals surface area contributed by atoms with Crippen LogP contribution in [0.2, 0.25) is 0 Å². The van der Waals surface area contributed by atoms with E-state index < -0.39 is 22.5 Å². The van der Waals surface area contributed by atoms with Gasteiger partial charge in [0.1, 0.15) is 5.75 Å². The molecule has 0 atom stereocenters. The number of nitro groups is 1. The SMILES string of the molecule is CCC(C)(C)C(=O)OOC(=O)Oc1ccc([N+](=O)[O-])cc1. The number of rotatable bonds is 4. The maximum absolute atomic E-state index is 11.5. The molecule has 0 heterocycles. The molecule has 0 aliphatic carbocycles. The van der Waals surface area contributed by atoms with Crippen LogP contribution in [0.5, 0.6) is 5.75 Å². The van der Waals surface area contributed by atoms with Gasteiger partial charge in [0, 0.05) is 12.1 Å². The summed E-state index contributed by atoms with van der Waals surface area (Å²) in [5.41, 5.74) is -0.931. The quantitative estimate of drug-likeness (QED) is 0.276. The Labute approximate surface area is 120 Å². The molecule has 21 heavy (non-hydrogen) atoms. The fourth-order valence-corrected chi connectivity index (χ4v) is 1.08. The van der Waals surface area contributed by atoms with Crippen LogP contribution >= 0.6 is 0 Å². The first-order valence-corrected chi connectivity index (χ1v) is 6.11. The zero-order valence-corrected chi connectivity index (χ0v) is 11.8. The molecule has 0 aromatic heterocycles. The molecule has 0 amide bonds. The Balaban J connectivity index is 2.51. The van der Waals surface area contributed by atoms with E-state index in [9.17, 15) is 19.7 Å². The Morgan fingerprint density at radius 3 is 2.24 bits per heavy atom. The van der Waals surface area contributed by atoms with Crippen LogP contribution < -0.4 is 4.74 Å². The Hall–Kier alpha value is -2.64. The maximum atomic E-state index is 11.5. The predicted octanol–water partition coefficient (Wildman–Crippen LogP) is 3.00. The summed E-state index contributed by atoms with van der Waals surface area (Å²) in [4.78, 5) is 41.3. The summed E-state index contributed by atoms with van der Waals surface area (Å²) in [6.07, 6.45) is -0.740. The molecule has 0 N–H and O–H groups in total. The lowest BCUT2D eigenvalue weighted by atomic mass is 9.91. The van der Waals surface area contributed by atoms with Gasteiger partial charge in [0.05, 0.1) is 10.3 Å². The number of hydrogen-bond acceptors (Lipinski definition) is 7. The molecule has 0 unspecified atom stereocenters. The number of non-ortho nitro benzene ring substituents is 1. The normalized spacial score (nSPS) is 10.6. The van der Waals surface area contributed by atoms with Gasteiger partial charge in [-0.15, -0.1) is 0 Å². The molecule has 0 radical (unpaired) electrons. The van der Waals surface area contributed by atoms with Gasteiger partial charge in [0.25, 0.3) is 5.69 Å². The summed E-state index contributed by atoms with van der Waals surface area (Å²) < 4.78 is 4.68. The topological polar surface area (TPSA) is 105 Å². The van der Waals surface area contributed by atoms with Crippen LogP contribution in [0.25, 0.3) is 0 Å². The molecule has 8 nitrogen and oxygen atoms in total. The lowest BCUT2D eigenvalue weighted by Crippen LogP contribution is -2.27. The number of carbonyl (C=O) groups excluding carboxylic acids is 2. The summed E-state index contributed by atoms with van der Waals surface area (Å²) in [5, 5.41) is 10.4. The molecule has 0 aliphatic rings. The van der Waals surface area contributed by atoms with E-state index in [4.69, 9.17) is 0 Å². The van der Waals surface area contributed by atoms with E-state index >= 15 is 0 Å². The van der Waals surface area contributed by atoms with Gasteiger partial charge in [-0.1, -0.05) is 6.92 Å². The first-order chi connectivity index (χ1) is 9.76. The molecule has 114 valence electrons. The zero-order chi connectivity index (χ0) is 16.0. The van der Waals surface area contributed by atoms with Crippen LogP contribution in [0.3, 0.4) is 0 Å². The number of benzene rings is 1. The van der Waals surface area contributed by atoms with Crippen LogP contribution in [0.4, 0.5) is 10.5 Å². The maximum Gasteiger partial charge on any atom is 0.555 e. The average Bonchev–Trinajstić information content (AvgIpc) is 2.45. The third-order valence-electron chi connectivity index (χ3n) is 2.87. The number of nitro benzene ring substituents is 1. The van der Waals surface area contributed by atoms with E-state index in [1.54, 1.807) is 20.8 Å². The van der Waals surface area contributed by atoms with Crippen LogP contribution in [-0.2, 0) is 14.6 Å². The van der Waals surface area contributed by atoms with Gasteiger partial charge in [-0.05, 0) is 32.4 Å². The highest BCUT2D eigenvalue weighted by molar-refractivity contribution is 5.76. The second-order valence-corrected chi connectivity index (χ2v) is 4.79. The molecule has 1 aromatic rings. The number of hydrogen-bond donors (Lipinski definition) is 0. The van der Waals surface area contributed by atoms with Crippen molar-refractivity contribution in [3.8, 4) is 5.75 Å². The van der Waals surface area contributed by atoms with Crippen molar-refractivity contribution >= 4 is 17.8 Å². The van der Waals surface area contributed by atoms with Crippen molar-refractivity contribution in [2.24, 2.45) is 5.41 Å². The smallest absolute Gasteiger partial charge is 0.392 e. The number of nitrogens with zero attached hydrogens (tertiary/aromatic N) is 1. The highest BCUT2D eigenvalue weighted by atomic mass is 17.2. The average molecular weight is 297 g/mol. The summed E-state index contributed by atoms with van der Waals surface area (Å²) in [7, 11) is 0. The minimum Gasteiger partial charge on any atom is -0.392 e. The Morgan fingerprint density at radius 2 is 1.76 bits per heavy atom. The Morgan fingerprint density at radius 1 is 1.19 bits per heavy atom. The Bertz CT molecular complexity index is 536. The third-order valence-corrected chi connectivity index (χ3v) is 2.87. The zero-order valence-electron chi connectivity index (χ0n) is 11.8. The predicted molar refractivity (Wildman–Crippen MR) is 70.4 cm³/mol. The summed E-state index contributed by atoms with van der Waals surface area (Å²) in [5.74, 6) is -0.679. The summed E-state index contributed by atoms with van der Waals surface area (Å²) >= 11 is 0. The number of ether oxygens (including phenoxy) is 1. The van der Waals surface area contributed by atoms with Gasteiger partial charge in [0.15, 0.2) is 0 Å². The van der Waals surface area contributed by atoms with Crippen LogP contribution in [0, 0.1) is 15.5 Å². The van der Waals surface area contributed by atoms with E-state index in [0.29, 0.717) is 6.42 Å². The lowest BCUT2D eigenvalue weighted by Gasteiger charge is -2.17. The summed E-state index contributed by atoms with van der Waals surface area (Å²) in [6.45, 7) is 5.07. The third kappa shape index (κ3) is 4.75. The molecular formula is C13H15NO7. The molecule has 8 heteroatoms. The van der Waals surface area contributed by atoms with Gasteiger partial charge in [0.2, 0.25) is 0 Å². The molecule has 0 saturated heterocycles. The standard InChI is InChI=1S/C13H15NO7/c1-4-13(2,3)11(15)20-21-12(16)19-10-7-5-9(6-8-10)14(17)18/h5-8H,4H2,1-3H3. The van der Waals surface area contributed by atoms with Crippen molar-refractivity contribution in [2.45, 2.75) is 27.2 Å². The molecule has 0 bridgehead atoms. The second-order valence-electron chi connectivity index (χ2n) is 4.79. The number of carbonyl (C=O) groups is 2. The minimum atomic E-state index is -1.25. The van der Waals surface area contributed by atoms with Crippen molar-refractivity contribution in [1.29, 1.82) is 0 Å². The lowest BCUT2D eigenvalue weighted by molar-refractivity contribution is -0.384. The first kappa shape index (κ1) is 16.4. The van der Waals surface area contributed by atoms with Crippen LogP contribution in [0.15, 0.2) is 24.3 Å². The molecule has 1 aromatic carbocycles. The van der Waals surface area contributed by atoms with Crippen molar-refractivity contribution < 1.29 is 29.0 Å². The van der Waals surface area contributed by atoms with Crippen LogP contribution in [-0.4, -0.2) is 17.0 Å². The molecule has 0 saturated carbocycles. The van der Waals surface area contributed by atoms with Crippen LogP contribution in [0.1, 0.15) is 27.2 Å². The molecule has 0 aliphatic heterocycles. The first-order valence-electron chi connectivity index (χ1n) is 6.11. The van der Waals surface area contributed by atoms with Crippen molar-refractivity contribution in [2.75, 3.05) is 0 Å². The Kier molecular flexibility index (Phi) is 5.23. The highest BCUT2D eigenvalue weighted by Crippen LogP contribution is 2.22. The van der Waals surface area contributed by atoms with Gasteiger partial charge < -0.3 is 4.74 Å². The van der Waals surface area contributed by atoms with E-state index in [2.05, 4.69) is 14.5 Å². The second kappa shape index (κ2) is 6.69. The van der Waals surface area contributed by atoms with Crippen molar-refractivity contribution in [3.05, 3.63) is 34.4 Å². The fraction of sp³-hybridized carbons (Fsp3) is 0.385. The van der Waals surface area contributed by atoms with E-state index in [-0.39, 0.29) is 11.4 Å². The summed E-state index contributed by atoms with van der Waals surface area (Å²) in [6, 6.07) is 4.76. The van der Waals surface area contributed by atoms with Crippen molar-refractivity contribution in [1.82, 2.24) is 0 Å². The molecule has 0 spiro atoms. The minimum absolute atomic E-state index is 0.0244.